The minimum Gasteiger partial charge on any atom is -0.340 e. The van der Waals surface area contributed by atoms with Crippen molar-refractivity contribution in [1.29, 1.82) is 0 Å². The first-order valence-corrected chi connectivity index (χ1v) is 10.7. The molecule has 2 aromatic rings. The summed E-state index contributed by atoms with van der Waals surface area (Å²) in [6, 6.07) is 13.4. The molecule has 0 spiro atoms. The summed E-state index contributed by atoms with van der Waals surface area (Å²) in [6.07, 6.45) is 1.20. The number of hydrogen-bond donors (Lipinski definition) is 0. The molecule has 0 aromatic heterocycles. The summed E-state index contributed by atoms with van der Waals surface area (Å²) >= 11 is 6.01. The highest BCUT2D eigenvalue weighted by Gasteiger charge is 2.40. The van der Waals surface area contributed by atoms with Gasteiger partial charge in [0.15, 0.2) is 0 Å². The minimum atomic E-state index is -3.70. The summed E-state index contributed by atoms with van der Waals surface area (Å²) in [5.74, 6) is -0.192. The summed E-state index contributed by atoms with van der Waals surface area (Å²) in [7, 11) is -2.01. The summed E-state index contributed by atoms with van der Waals surface area (Å²) in [6.45, 7) is 2.65. The van der Waals surface area contributed by atoms with Crippen LogP contribution in [0, 0.1) is 6.92 Å². The lowest BCUT2D eigenvalue weighted by Crippen LogP contribution is -2.46. The zero-order valence-corrected chi connectivity index (χ0v) is 17.0. The highest BCUT2D eigenvalue weighted by atomic mass is 35.5. The van der Waals surface area contributed by atoms with Crippen molar-refractivity contribution in [1.82, 2.24) is 9.21 Å². The maximum absolute atomic E-state index is 13.0. The van der Waals surface area contributed by atoms with Gasteiger partial charge in [-0.1, -0.05) is 41.4 Å². The zero-order valence-electron chi connectivity index (χ0n) is 15.4. The highest BCUT2D eigenvalue weighted by Crippen LogP contribution is 2.27. The Labute approximate surface area is 165 Å². The quantitative estimate of drug-likeness (QED) is 0.764. The third-order valence-electron chi connectivity index (χ3n) is 4.80. The molecule has 7 heteroatoms. The van der Waals surface area contributed by atoms with Gasteiger partial charge in [-0.2, -0.15) is 4.31 Å². The van der Waals surface area contributed by atoms with Crippen LogP contribution in [0.1, 0.15) is 24.0 Å². The molecule has 2 aromatic carbocycles. The number of likely N-dealkylation sites (N-methyl/N-ethyl adjacent to an activating group) is 1. The van der Waals surface area contributed by atoms with Crippen LogP contribution in [0.5, 0.6) is 0 Å². The Hall–Kier alpha value is -1.89. The van der Waals surface area contributed by atoms with Crippen molar-refractivity contribution in [2.75, 3.05) is 13.6 Å². The van der Waals surface area contributed by atoms with Gasteiger partial charge < -0.3 is 4.90 Å². The molecule has 144 valence electrons. The van der Waals surface area contributed by atoms with Crippen molar-refractivity contribution in [2.45, 2.75) is 37.2 Å². The van der Waals surface area contributed by atoms with Crippen molar-refractivity contribution in [2.24, 2.45) is 0 Å². The van der Waals surface area contributed by atoms with Crippen LogP contribution < -0.4 is 0 Å². The SMILES string of the molecule is Cc1ccc(S(=O)(=O)N2CCCC2C(=O)N(C)Cc2cccc(Cl)c2)cc1. The van der Waals surface area contributed by atoms with Crippen LogP contribution in [0.15, 0.2) is 53.4 Å². The topological polar surface area (TPSA) is 57.7 Å². The molecular formula is C20H23ClN2O3S. The maximum Gasteiger partial charge on any atom is 0.243 e. The second-order valence-electron chi connectivity index (χ2n) is 6.91. The van der Waals surface area contributed by atoms with Crippen molar-refractivity contribution >= 4 is 27.5 Å². The molecule has 1 atom stereocenters. The Kier molecular flexibility index (Phi) is 5.89. The normalized spacial score (nSPS) is 17.8. The Morgan fingerprint density at radius 1 is 1.22 bits per heavy atom. The minimum absolute atomic E-state index is 0.192. The third-order valence-corrected chi connectivity index (χ3v) is 6.96. The van der Waals surface area contributed by atoms with Crippen LogP contribution >= 0.6 is 11.6 Å². The van der Waals surface area contributed by atoms with E-state index in [0.29, 0.717) is 31.0 Å². The fraction of sp³-hybridized carbons (Fsp3) is 0.350. The number of benzene rings is 2. The molecule has 0 aliphatic carbocycles. The predicted molar refractivity (Wildman–Crippen MR) is 106 cm³/mol. The Morgan fingerprint density at radius 2 is 1.93 bits per heavy atom. The smallest absolute Gasteiger partial charge is 0.243 e. The van der Waals surface area contributed by atoms with Crippen LogP contribution in [0.25, 0.3) is 0 Å². The molecule has 0 N–H and O–H groups in total. The van der Waals surface area contributed by atoms with Crippen LogP contribution in [0.2, 0.25) is 5.02 Å². The molecule has 1 aliphatic rings. The molecule has 0 bridgehead atoms. The number of sulfonamides is 1. The molecule has 5 nitrogen and oxygen atoms in total. The monoisotopic (exact) mass is 406 g/mol. The van der Waals surface area contributed by atoms with Crippen molar-refractivity contribution in [3.8, 4) is 0 Å². The van der Waals surface area contributed by atoms with E-state index in [2.05, 4.69) is 0 Å². The van der Waals surface area contributed by atoms with Crippen molar-refractivity contribution in [3.05, 3.63) is 64.7 Å². The second-order valence-corrected chi connectivity index (χ2v) is 9.24. The van der Waals surface area contributed by atoms with E-state index in [1.54, 1.807) is 48.3 Å². The van der Waals surface area contributed by atoms with Gasteiger partial charge in [0.25, 0.3) is 0 Å². The summed E-state index contributed by atoms with van der Waals surface area (Å²) in [4.78, 5) is 14.8. The lowest BCUT2D eigenvalue weighted by molar-refractivity contribution is -0.133. The van der Waals surface area contributed by atoms with E-state index in [0.717, 1.165) is 11.1 Å². The average Bonchev–Trinajstić information content (AvgIpc) is 3.12. The van der Waals surface area contributed by atoms with Gasteiger partial charge in [-0.05, 0) is 49.6 Å². The lowest BCUT2D eigenvalue weighted by Gasteiger charge is -2.27. The zero-order chi connectivity index (χ0) is 19.6. The van der Waals surface area contributed by atoms with E-state index >= 15 is 0 Å². The van der Waals surface area contributed by atoms with Gasteiger partial charge in [-0.15, -0.1) is 0 Å². The molecule has 1 aliphatic heterocycles. The van der Waals surface area contributed by atoms with Gasteiger partial charge in [0.2, 0.25) is 15.9 Å². The van der Waals surface area contributed by atoms with E-state index in [-0.39, 0.29) is 10.8 Å². The average molecular weight is 407 g/mol. The highest BCUT2D eigenvalue weighted by molar-refractivity contribution is 7.89. The van der Waals surface area contributed by atoms with Crippen molar-refractivity contribution < 1.29 is 13.2 Å². The molecule has 1 fully saturated rings. The maximum atomic E-state index is 13.0. The number of nitrogens with zero attached hydrogens (tertiary/aromatic N) is 2. The molecule has 1 saturated heterocycles. The van der Waals surface area contributed by atoms with E-state index in [4.69, 9.17) is 11.6 Å². The molecular weight excluding hydrogens is 384 g/mol. The number of halogens is 1. The Bertz CT molecular complexity index is 928. The van der Waals surface area contributed by atoms with Crippen LogP contribution in [-0.2, 0) is 21.4 Å². The van der Waals surface area contributed by atoms with Crippen molar-refractivity contribution in [3.63, 3.8) is 0 Å². The number of hydrogen-bond acceptors (Lipinski definition) is 3. The number of aryl methyl sites for hydroxylation is 1. The van der Waals surface area contributed by atoms with Gasteiger partial charge in [0.1, 0.15) is 6.04 Å². The summed E-state index contributed by atoms with van der Waals surface area (Å²) in [5, 5.41) is 0.609. The van der Waals surface area contributed by atoms with Gasteiger partial charge >= 0.3 is 0 Å². The number of rotatable bonds is 5. The first-order chi connectivity index (χ1) is 12.8. The third kappa shape index (κ3) is 4.34. The molecule has 1 heterocycles. The Morgan fingerprint density at radius 3 is 2.59 bits per heavy atom. The van der Waals surface area contributed by atoms with Gasteiger partial charge in [0.05, 0.1) is 4.90 Å². The Balaban J connectivity index is 1.78. The number of carbonyl (C=O) groups is 1. The van der Waals surface area contributed by atoms with Gasteiger partial charge in [-0.3, -0.25) is 4.79 Å². The molecule has 3 rings (SSSR count). The number of amides is 1. The van der Waals surface area contributed by atoms with Crippen LogP contribution in [0.4, 0.5) is 0 Å². The molecule has 0 saturated carbocycles. The number of carbonyl (C=O) groups excluding carboxylic acids is 1. The summed E-state index contributed by atoms with van der Waals surface area (Å²) in [5.41, 5.74) is 1.90. The molecule has 1 amide bonds. The molecule has 27 heavy (non-hydrogen) atoms. The van der Waals surface area contributed by atoms with Crippen LogP contribution in [0.3, 0.4) is 0 Å². The van der Waals surface area contributed by atoms with Crippen LogP contribution in [-0.4, -0.2) is 43.2 Å². The van der Waals surface area contributed by atoms with E-state index < -0.39 is 16.1 Å². The van der Waals surface area contributed by atoms with Gasteiger partial charge in [0, 0.05) is 25.2 Å². The predicted octanol–water partition coefficient (Wildman–Crippen LogP) is 3.46. The van der Waals surface area contributed by atoms with E-state index in [9.17, 15) is 13.2 Å². The standard InChI is InChI=1S/C20H23ClN2O3S/c1-15-8-10-18(11-9-15)27(25,26)23-12-4-7-19(23)20(24)22(2)14-16-5-3-6-17(21)13-16/h3,5-6,8-11,13,19H,4,7,12,14H2,1-2H3. The summed E-state index contributed by atoms with van der Waals surface area (Å²) < 4.78 is 27.4. The van der Waals surface area contributed by atoms with E-state index in [1.807, 2.05) is 19.1 Å². The molecule has 1 unspecified atom stereocenters. The second kappa shape index (κ2) is 8.00. The molecule has 0 radical (unpaired) electrons. The fourth-order valence-electron chi connectivity index (χ4n) is 3.36. The fourth-order valence-corrected chi connectivity index (χ4v) is 5.23. The first kappa shape index (κ1) is 19.9. The largest absolute Gasteiger partial charge is 0.340 e. The van der Waals surface area contributed by atoms with E-state index in [1.165, 1.54) is 4.31 Å². The lowest BCUT2D eigenvalue weighted by atomic mass is 10.1. The van der Waals surface area contributed by atoms with Gasteiger partial charge in [-0.25, -0.2) is 8.42 Å². The first-order valence-electron chi connectivity index (χ1n) is 8.87.